The van der Waals surface area contributed by atoms with E-state index >= 15 is 0 Å². The van der Waals surface area contributed by atoms with Gasteiger partial charge >= 0.3 is 0 Å². The van der Waals surface area contributed by atoms with Gasteiger partial charge in [-0.25, -0.2) is 0 Å². The Labute approximate surface area is 117 Å². The lowest BCUT2D eigenvalue weighted by Gasteiger charge is -2.21. The van der Waals surface area contributed by atoms with Crippen LogP contribution in [-0.2, 0) is 4.74 Å². The molecule has 0 aromatic rings. The molecule has 2 saturated carbocycles. The van der Waals surface area contributed by atoms with Crippen molar-refractivity contribution >= 4 is 0 Å². The van der Waals surface area contributed by atoms with Gasteiger partial charge in [0.15, 0.2) is 0 Å². The van der Waals surface area contributed by atoms with E-state index in [1.54, 1.807) is 0 Å². The SMILES string of the molecule is CCN(CCNCC(O)COC1CCCC1)C1CC1. The molecule has 2 rings (SSSR count). The number of nitrogens with zero attached hydrogens (tertiary/aromatic N) is 1. The maximum Gasteiger partial charge on any atom is 0.0897 e. The van der Waals surface area contributed by atoms with Gasteiger partial charge in [-0.1, -0.05) is 19.8 Å². The summed E-state index contributed by atoms with van der Waals surface area (Å²) in [4.78, 5) is 2.52. The molecule has 0 heterocycles. The van der Waals surface area contributed by atoms with E-state index in [1.807, 2.05) is 0 Å². The number of aliphatic hydroxyl groups is 1. The Hall–Kier alpha value is -0.160. The van der Waals surface area contributed by atoms with E-state index in [4.69, 9.17) is 4.74 Å². The second-order valence-electron chi connectivity index (χ2n) is 5.96. The summed E-state index contributed by atoms with van der Waals surface area (Å²) in [6, 6.07) is 0.836. The Morgan fingerprint density at radius 2 is 2.00 bits per heavy atom. The van der Waals surface area contributed by atoms with Crippen molar-refractivity contribution in [2.45, 2.75) is 63.7 Å². The Morgan fingerprint density at radius 1 is 1.26 bits per heavy atom. The molecule has 0 bridgehead atoms. The van der Waals surface area contributed by atoms with Gasteiger partial charge in [0.05, 0.1) is 18.8 Å². The largest absolute Gasteiger partial charge is 0.389 e. The first-order valence-electron chi connectivity index (χ1n) is 8.04. The normalized spacial score (nSPS) is 22.3. The predicted molar refractivity (Wildman–Crippen MR) is 77.4 cm³/mol. The Bertz CT molecular complexity index is 240. The van der Waals surface area contributed by atoms with Gasteiger partial charge in [-0.3, -0.25) is 4.90 Å². The summed E-state index contributed by atoms with van der Waals surface area (Å²) >= 11 is 0. The molecule has 0 radical (unpaired) electrons. The monoisotopic (exact) mass is 270 g/mol. The molecule has 0 aromatic heterocycles. The van der Waals surface area contributed by atoms with Gasteiger partial charge in [0.1, 0.15) is 0 Å². The van der Waals surface area contributed by atoms with Gasteiger partial charge in [-0.15, -0.1) is 0 Å². The van der Waals surface area contributed by atoms with Gasteiger partial charge in [-0.05, 0) is 32.2 Å². The van der Waals surface area contributed by atoms with Crippen LogP contribution in [0.2, 0.25) is 0 Å². The highest BCUT2D eigenvalue weighted by Gasteiger charge is 2.27. The number of nitrogens with one attached hydrogen (secondary N) is 1. The maximum atomic E-state index is 9.85. The van der Waals surface area contributed by atoms with Crippen molar-refractivity contribution in [2.24, 2.45) is 0 Å². The van der Waals surface area contributed by atoms with E-state index in [9.17, 15) is 5.11 Å². The third-order valence-corrected chi connectivity index (χ3v) is 4.25. The summed E-state index contributed by atoms with van der Waals surface area (Å²) in [6.45, 7) is 6.55. The molecule has 0 aliphatic heterocycles. The summed E-state index contributed by atoms with van der Waals surface area (Å²) in [5.74, 6) is 0. The summed E-state index contributed by atoms with van der Waals surface area (Å²) in [7, 11) is 0. The van der Waals surface area contributed by atoms with Crippen molar-refractivity contribution < 1.29 is 9.84 Å². The Morgan fingerprint density at radius 3 is 2.63 bits per heavy atom. The molecule has 2 aliphatic rings. The zero-order valence-corrected chi connectivity index (χ0v) is 12.3. The zero-order chi connectivity index (χ0) is 13.5. The molecular formula is C15H30N2O2. The van der Waals surface area contributed by atoms with Crippen LogP contribution in [0.15, 0.2) is 0 Å². The lowest BCUT2D eigenvalue weighted by atomic mass is 10.3. The summed E-state index contributed by atoms with van der Waals surface area (Å²) in [5.41, 5.74) is 0. The number of ether oxygens (including phenoxy) is 1. The highest BCUT2D eigenvalue weighted by Crippen LogP contribution is 2.25. The van der Waals surface area contributed by atoms with Crippen LogP contribution < -0.4 is 5.32 Å². The van der Waals surface area contributed by atoms with Crippen LogP contribution in [0.4, 0.5) is 0 Å². The van der Waals surface area contributed by atoms with Gasteiger partial charge in [-0.2, -0.15) is 0 Å². The van der Waals surface area contributed by atoms with E-state index < -0.39 is 0 Å². The van der Waals surface area contributed by atoms with Crippen LogP contribution in [0.1, 0.15) is 45.4 Å². The van der Waals surface area contributed by atoms with Gasteiger partial charge in [0.25, 0.3) is 0 Å². The highest BCUT2D eigenvalue weighted by atomic mass is 16.5. The molecule has 0 aromatic carbocycles. The van der Waals surface area contributed by atoms with E-state index in [0.717, 1.165) is 25.7 Å². The Balaban J connectivity index is 1.45. The van der Waals surface area contributed by atoms with Crippen molar-refractivity contribution in [1.82, 2.24) is 10.2 Å². The van der Waals surface area contributed by atoms with Crippen molar-refractivity contribution in [1.29, 1.82) is 0 Å². The van der Waals surface area contributed by atoms with E-state index in [1.165, 1.54) is 38.5 Å². The van der Waals surface area contributed by atoms with Gasteiger partial charge in [0.2, 0.25) is 0 Å². The fraction of sp³-hybridized carbons (Fsp3) is 1.00. The quantitative estimate of drug-likeness (QED) is 0.589. The predicted octanol–water partition coefficient (Wildman–Crippen LogP) is 1.38. The summed E-state index contributed by atoms with van der Waals surface area (Å²) < 4.78 is 5.71. The minimum Gasteiger partial charge on any atom is -0.389 e. The molecule has 2 N–H and O–H groups in total. The van der Waals surface area contributed by atoms with Crippen LogP contribution >= 0.6 is 0 Å². The molecule has 0 amide bonds. The number of aliphatic hydroxyl groups excluding tert-OH is 1. The van der Waals surface area contributed by atoms with Crippen LogP contribution in [0.25, 0.3) is 0 Å². The van der Waals surface area contributed by atoms with Crippen molar-refractivity contribution in [3.8, 4) is 0 Å². The third-order valence-electron chi connectivity index (χ3n) is 4.25. The highest BCUT2D eigenvalue weighted by molar-refractivity contribution is 4.84. The Kier molecular flexibility index (Phi) is 6.57. The molecule has 112 valence electrons. The van der Waals surface area contributed by atoms with Crippen molar-refractivity contribution in [3.63, 3.8) is 0 Å². The smallest absolute Gasteiger partial charge is 0.0897 e. The first-order valence-corrected chi connectivity index (χ1v) is 8.04. The summed E-state index contributed by atoms with van der Waals surface area (Å²) in [6.07, 6.45) is 7.69. The number of likely N-dealkylation sites (N-methyl/N-ethyl adjacent to an activating group) is 1. The molecule has 19 heavy (non-hydrogen) atoms. The third kappa shape index (κ3) is 5.78. The van der Waals surface area contributed by atoms with E-state index in [0.29, 0.717) is 19.3 Å². The lowest BCUT2D eigenvalue weighted by molar-refractivity contribution is -0.00548. The lowest BCUT2D eigenvalue weighted by Crippen LogP contribution is -2.38. The minimum atomic E-state index is -0.364. The van der Waals surface area contributed by atoms with E-state index in [2.05, 4.69) is 17.1 Å². The fourth-order valence-electron chi connectivity index (χ4n) is 2.89. The molecule has 1 unspecified atom stereocenters. The first-order chi connectivity index (χ1) is 9.29. The van der Waals surface area contributed by atoms with Gasteiger partial charge in [0, 0.05) is 25.7 Å². The second kappa shape index (κ2) is 8.20. The van der Waals surface area contributed by atoms with Gasteiger partial charge < -0.3 is 15.2 Å². The number of hydrogen-bond donors (Lipinski definition) is 2. The number of hydrogen-bond acceptors (Lipinski definition) is 4. The van der Waals surface area contributed by atoms with Crippen molar-refractivity contribution in [2.75, 3.05) is 32.8 Å². The van der Waals surface area contributed by atoms with Crippen LogP contribution in [0.3, 0.4) is 0 Å². The molecule has 4 nitrogen and oxygen atoms in total. The molecule has 4 heteroatoms. The van der Waals surface area contributed by atoms with Crippen LogP contribution in [0.5, 0.6) is 0 Å². The van der Waals surface area contributed by atoms with Crippen molar-refractivity contribution in [3.05, 3.63) is 0 Å². The molecule has 0 saturated heterocycles. The van der Waals surface area contributed by atoms with Crippen LogP contribution in [0, 0.1) is 0 Å². The molecule has 0 spiro atoms. The topological polar surface area (TPSA) is 44.7 Å². The minimum absolute atomic E-state index is 0.364. The molecule has 2 aliphatic carbocycles. The average molecular weight is 270 g/mol. The second-order valence-corrected chi connectivity index (χ2v) is 5.96. The molecule has 1 atom stereocenters. The van der Waals surface area contributed by atoms with E-state index in [-0.39, 0.29) is 6.10 Å². The zero-order valence-electron chi connectivity index (χ0n) is 12.3. The fourth-order valence-corrected chi connectivity index (χ4v) is 2.89. The average Bonchev–Trinajstić information content (AvgIpc) is 3.12. The molecule has 2 fully saturated rings. The molecular weight excluding hydrogens is 240 g/mol. The first kappa shape index (κ1) is 15.2. The number of rotatable bonds is 10. The van der Waals surface area contributed by atoms with Crippen LogP contribution in [-0.4, -0.2) is 61.0 Å². The maximum absolute atomic E-state index is 9.85. The summed E-state index contributed by atoms with van der Waals surface area (Å²) in [5, 5.41) is 13.2. The standard InChI is InChI=1S/C15H30N2O2/c1-2-17(13-7-8-13)10-9-16-11-14(18)12-19-15-5-3-4-6-15/h13-16,18H,2-12H2,1H3.